The molecule has 0 N–H and O–H groups in total. The molecule has 0 radical (unpaired) electrons. The summed E-state index contributed by atoms with van der Waals surface area (Å²) < 4.78 is 33.1. The molecule has 0 aliphatic heterocycles. The van der Waals surface area contributed by atoms with Gasteiger partial charge in [0.1, 0.15) is 0 Å². The van der Waals surface area contributed by atoms with Crippen LogP contribution >= 0.6 is 11.3 Å². The summed E-state index contributed by atoms with van der Waals surface area (Å²) in [6.07, 6.45) is 1.16. The van der Waals surface area contributed by atoms with Crippen LogP contribution in [0.25, 0.3) is 10.8 Å². The van der Waals surface area contributed by atoms with E-state index in [1.807, 2.05) is 17.5 Å². The van der Waals surface area contributed by atoms with E-state index in [2.05, 4.69) is 10.2 Å². The van der Waals surface area contributed by atoms with Crippen LogP contribution in [0, 0.1) is 0 Å². The van der Waals surface area contributed by atoms with E-state index in [1.54, 1.807) is 12.1 Å². The van der Waals surface area contributed by atoms with Crippen molar-refractivity contribution in [3.63, 3.8) is 0 Å². The van der Waals surface area contributed by atoms with Gasteiger partial charge in [-0.1, -0.05) is 18.2 Å². The monoisotopic (exact) mass is 378 g/mol. The first-order valence-electron chi connectivity index (χ1n) is 7.21. The van der Waals surface area contributed by atoms with Gasteiger partial charge in [0.2, 0.25) is 0 Å². The smallest absolute Gasteiger partial charge is 0.338 e. The van der Waals surface area contributed by atoms with E-state index in [9.17, 15) is 13.2 Å². The number of aromatic nitrogens is 2. The lowest BCUT2D eigenvalue weighted by Crippen LogP contribution is -2.06. The van der Waals surface area contributed by atoms with Gasteiger partial charge in [-0.3, -0.25) is 0 Å². The van der Waals surface area contributed by atoms with Crippen molar-refractivity contribution in [1.82, 2.24) is 10.2 Å². The van der Waals surface area contributed by atoms with Gasteiger partial charge < -0.3 is 9.15 Å². The van der Waals surface area contributed by atoms with Crippen molar-refractivity contribution in [1.29, 1.82) is 0 Å². The van der Waals surface area contributed by atoms with Crippen LogP contribution in [0.1, 0.15) is 21.8 Å². The van der Waals surface area contributed by atoms with E-state index in [1.165, 1.54) is 23.5 Å². The van der Waals surface area contributed by atoms with Crippen molar-refractivity contribution in [2.45, 2.75) is 12.4 Å². The van der Waals surface area contributed by atoms with Crippen LogP contribution < -0.4 is 0 Å². The number of ether oxygens (including phenoxy) is 1. The van der Waals surface area contributed by atoms with E-state index in [0.717, 1.165) is 11.1 Å². The van der Waals surface area contributed by atoms with Gasteiger partial charge in [-0.25, -0.2) is 13.2 Å². The van der Waals surface area contributed by atoms with Crippen LogP contribution in [-0.2, 0) is 26.9 Å². The van der Waals surface area contributed by atoms with Crippen molar-refractivity contribution in [3.05, 3.63) is 58.8 Å². The van der Waals surface area contributed by atoms with Crippen molar-refractivity contribution in [3.8, 4) is 10.8 Å². The lowest BCUT2D eigenvalue weighted by atomic mass is 10.1. The molecule has 2 heterocycles. The third kappa shape index (κ3) is 4.74. The van der Waals surface area contributed by atoms with E-state index >= 15 is 0 Å². The zero-order valence-corrected chi connectivity index (χ0v) is 14.8. The molecular formula is C16H14N2O5S2. The summed E-state index contributed by atoms with van der Waals surface area (Å²) in [7, 11) is -3.12. The number of carbonyl (C=O) groups is 1. The van der Waals surface area contributed by atoms with Crippen molar-refractivity contribution < 1.29 is 22.4 Å². The number of nitrogens with zero attached hydrogens (tertiary/aromatic N) is 2. The lowest BCUT2D eigenvalue weighted by Gasteiger charge is -2.04. The molecule has 0 atom stereocenters. The number of esters is 1. The lowest BCUT2D eigenvalue weighted by molar-refractivity contribution is 0.0438. The third-order valence-corrected chi connectivity index (χ3v) is 4.86. The molecule has 0 bridgehead atoms. The van der Waals surface area contributed by atoms with E-state index in [-0.39, 0.29) is 18.3 Å². The van der Waals surface area contributed by atoms with E-state index in [4.69, 9.17) is 9.15 Å². The van der Waals surface area contributed by atoms with Crippen LogP contribution in [-0.4, -0.2) is 30.8 Å². The van der Waals surface area contributed by atoms with Gasteiger partial charge in [0, 0.05) is 6.26 Å². The Bertz CT molecular complexity index is 960. The first-order chi connectivity index (χ1) is 11.9. The van der Waals surface area contributed by atoms with Gasteiger partial charge in [-0.15, -0.1) is 21.5 Å². The molecule has 25 heavy (non-hydrogen) atoms. The zero-order valence-electron chi connectivity index (χ0n) is 13.2. The van der Waals surface area contributed by atoms with E-state index < -0.39 is 15.8 Å². The molecule has 9 heteroatoms. The highest BCUT2D eigenvalue weighted by molar-refractivity contribution is 7.89. The average molecular weight is 378 g/mol. The minimum absolute atomic E-state index is 0.0736. The minimum atomic E-state index is -3.12. The molecule has 0 spiro atoms. The molecule has 0 saturated heterocycles. The van der Waals surface area contributed by atoms with Gasteiger partial charge in [0.05, 0.1) is 16.2 Å². The number of benzene rings is 1. The predicted octanol–water partition coefficient (Wildman–Crippen LogP) is 2.70. The Hall–Kier alpha value is -2.52. The van der Waals surface area contributed by atoms with Crippen LogP contribution in [0.5, 0.6) is 0 Å². The molecule has 1 aromatic carbocycles. The van der Waals surface area contributed by atoms with Crippen molar-refractivity contribution in [2.75, 3.05) is 6.26 Å². The molecule has 0 aliphatic carbocycles. The van der Waals surface area contributed by atoms with Crippen LogP contribution in [0.4, 0.5) is 0 Å². The molecule has 3 aromatic rings. The Labute approximate surface area is 148 Å². The number of rotatable bonds is 6. The van der Waals surface area contributed by atoms with Crippen molar-refractivity contribution >= 4 is 27.1 Å². The molecule has 7 nitrogen and oxygen atoms in total. The number of thiophene rings is 1. The Morgan fingerprint density at radius 1 is 1.20 bits per heavy atom. The third-order valence-electron chi connectivity index (χ3n) is 3.14. The fourth-order valence-corrected chi connectivity index (χ4v) is 3.50. The summed E-state index contributed by atoms with van der Waals surface area (Å²) in [5, 5.41) is 9.63. The molecule has 130 valence electrons. The fourth-order valence-electron chi connectivity index (χ4n) is 2.06. The number of hydrogen-bond acceptors (Lipinski definition) is 8. The van der Waals surface area contributed by atoms with E-state index in [0.29, 0.717) is 17.0 Å². The highest BCUT2D eigenvalue weighted by atomic mass is 32.2. The highest BCUT2D eigenvalue weighted by Gasteiger charge is 2.13. The first kappa shape index (κ1) is 17.3. The number of sulfone groups is 1. The zero-order chi connectivity index (χ0) is 17.9. The van der Waals surface area contributed by atoms with Gasteiger partial charge in [0.15, 0.2) is 16.4 Å². The first-order valence-corrected chi connectivity index (χ1v) is 10.1. The Morgan fingerprint density at radius 3 is 2.60 bits per heavy atom. The SMILES string of the molecule is CS(=O)(=O)Cc1ccc(C(=O)OCc2nnc(-c3cccs3)o2)cc1. The fraction of sp³-hybridized carbons (Fsp3) is 0.188. The second kappa shape index (κ2) is 7.16. The summed E-state index contributed by atoms with van der Waals surface area (Å²) in [4.78, 5) is 12.9. The van der Waals surface area contributed by atoms with Gasteiger partial charge in [0.25, 0.3) is 11.8 Å². The summed E-state index contributed by atoms with van der Waals surface area (Å²) in [5.41, 5.74) is 0.923. The largest absolute Gasteiger partial charge is 0.452 e. The summed E-state index contributed by atoms with van der Waals surface area (Å²) in [6, 6.07) is 9.93. The van der Waals surface area contributed by atoms with Crippen LogP contribution in [0.2, 0.25) is 0 Å². The van der Waals surface area contributed by atoms with Gasteiger partial charge >= 0.3 is 5.97 Å². The molecule has 0 aliphatic rings. The van der Waals surface area contributed by atoms with Gasteiger partial charge in [-0.05, 0) is 29.1 Å². The number of hydrogen-bond donors (Lipinski definition) is 0. The summed E-state index contributed by atoms with van der Waals surface area (Å²) in [5.74, 6) is -0.0473. The second-order valence-corrected chi connectivity index (χ2v) is 8.41. The summed E-state index contributed by atoms with van der Waals surface area (Å²) >= 11 is 1.47. The minimum Gasteiger partial charge on any atom is -0.452 e. The predicted molar refractivity (Wildman–Crippen MR) is 91.7 cm³/mol. The quantitative estimate of drug-likeness (QED) is 0.608. The Morgan fingerprint density at radius 2 is 1.96 bits per heavy atom. The molecule has 2 aromatic heterocycles. The van der Waals surface area contributed by atoms with Gasteiger partial charge in [-0.2, -0.15) is 0 Å². The maximum atomic E-state index is 12.0. The standard InChI is InChI=1S/C16H14N2O5S2/c1-25(20,21)10-11-4-6-12(7-5-11)16(19)22-9-14-17-18-15(23-14)13-3-2-8-24-13/h2-8H,9-10H2,1H3. The molecule has 3 rings (SSSR count). The second-order valence-electron chi connectivity index (χ2n) is 5.32. The molecule has 0 saturated carbocycles. The maximum Gasteiger partial charge on any atom is 0.338 e. The van der Waals surface area contributed by atoms with Crippen LogP contribution in [0.15, 0.2) is 46.2 Å². The highest BCUT2D eigenvalue weighted by Crippen LogP contribution is 2.23. The average Bonchev–Trinajstić information content (AvgIpc) is 3.23. The molecule has 0 amide bonds. The number of carbonyl (C=O) groups excluding carboxylic acids is 1. The molecule has 0 fully saturated rings. The Balaban J connectivity index is 1.59. The summed E-state index contributed by atoms with van der Waals surface area (Å²) in [6.45, 7) is -0.137. The molecular weight excluding hydrogens is 364 g/mol. The Kier molecular flexibility index (Phi) is 4.95. The maximum absolute atomic E-state index is 12.0. The van der Waals surface area contributed by atoms with Crippen LogP contribution in [0.3, 0.4) is 0 Å². The molecule has 0 unspecified atom stereocenters. The van der Waals surface area contributed by atoms with Crippen molar-refractivity contribution in [2.24, 2.45) is 0 Å². The topological polar surface area (TPSA) is 99.4 Å². The normalized spacial score (nSPS) is 11.4.